The molecule has 8 heteroatoms. The Kier molecular flexibility index (Phi) is 7.10. The Morgan fingerprint density at radius 2 is 1.57 bits per heavy atom. The van der Waals surface area contributed by atoms with Gasteiger partial charge < -0.3 is 29.2 Å². The summed E-state index contributed by atoms with van der Waals surface area (Å²) in [5.74, 6) is 1.64. The highest BCUT2D eigenvalue weighted by atomic mass is 16.5. The van der Waals surface area contributed by atoms with Crippen LogP contribution >= 0.6 is 0 Å². The van der Waals surface area contributed by atoms with Crippen LogP contribution in [0.5, 0.6) is 23.0 Å². The van der Waals surface area contributed by atoms with Crippen molar-refractivity contribution in [1.29, 1.82) is 0 Å². The Balaban J connectivity index is 1.61. The van der Waals surface area contributed by atoms with Gasteiger partial charge in [0.05, 0.1) is 40.9 Å². The van der Waals surface area contributed by atoms with Crippen LogP contribution in [0.4, 0.5) is 5.69 Å². The lowest BCUT2D eigenvalue weighted by Crippen LogP contribution is -2.32. The number of hydrogen-bond acceptors (Lipinski definition) is 6. The fourth-order valence-electron chi connectivity index (χ4n) is 4.30. The summed E-state index contributed by atoms with van der Waals surface area (Å²) < 4.78 is 21.4. The van der Waals surface area contributed by atoms with Gasteiger partial charge in [-0.05, 0) is 29.3 Å². The molecule has 0 fully saturated rings. The molecule has 35 heavy (non-hydrogen) atoms. The third-order valence-corrected chi connectivity index (χ3v) is 6.05. The fraction of sp³-hybridized carbons (Fsp3) is 0.259. The molecule has 1 N–H and O–H groups in total. The standard InChI is InChI=1S/C27H28N2O6/c1-32-20-11-9-17(10-12-20)22(29-16-18-7-5-6-8-21(18)27(29)31)15-25(30)28-19-13-23(33-2)26(35-4)24(14-19)34-3/h5-14,22H,15-16H2,1-4H3,(H,28,30). The van der Waals surface area contributed by atoms with Crippen LogP contribution in [0, 0.1) is 0 Å². The van der Waals surface area contributed by atoms with Crippen molar-refractivity contribution in [1.82, 2.24) is 4.90 Å². The molecule has 182 valence electrons. The average molecular weight is 477 g/mol. The van der Waals surface area contributed by atoms with Crippen molar-refractivity contribution in [3.05, 3.63) is 77.4 Å². The van der Waals surface area contributed by atoms with E-state index in [1.165, 1.54) is 21.3 Å². The molecule has 3 aromatic carbocycles. The maximum atomic E-state index is 13.2. The van der Waals surface area contributed by atoms with Gasteiger partial charge in [0.2, 0.25) is 11.7 Å². The van der Waals surface area contributed by atoms with E-state index in [2.05, 4.69) is 5.32 Å². The van der Waals surface area contributed by atoms with Gasteiger partial charge in [-0.15, -0.1) is 0 Å². The summed E-state index contributed by atoms with van der Waals surface area (Å²) in [5.41, 5.74) is 2.94. The molecule has 1 atom stereocenters. The van der Waals surface area contributed by atoms with Crippen LogP contribution in [0.2, 0.25) is 0 Å². The van der Waals surface area contributed by atoms with E-state index in [-0.39, 0.29) is 18.2 Å². The zero-order valence-electron chi connectivity index (χ0n) is 20.2. The van der Waals surface area contributed by atoms with Crippen LogP contribution in [0.3, 0.4) is 0 Å². The number of amides is 2. The second-order valence-corrected chi connectivity index (χ2v) is 8.05. The van der Waals surface area contributed by atoms with E-state index in [9.17, 15) is 9.59 Å². The number of methoxy groups -OCH3 is 4. The molecule has 0 aromatic heterocycles. The van der Waals surface area contributed by atoms with Crippen LogP contribution in [-0.4, -0.2) is 45.2 Å². The first kappa shape index (κ1) is 23.9. The number of rotatable bonds is 9. The minimum absolute atomic E-state index is 0.0583. The van der Waals surface area contributed by atoms with Gasteiger partial charge in [-0.3, -0.25) is 9.59 Å². The lowest BCUT2D eigenvalue weighted by Gasteiger charge is -2.28. The molecule has 0 saturated carbocycles. The molecule has 1 aliphatic rings. The zero-order valence-corrected chi connectivity index (χ0v) is 20.2. The highest BCUT2D eigenvalue weighted by Crippen LogP contribution is 2.40. The lowest BCUT2D eigenvalue weighted by molar-refractivity contribution is -0.117. The van der Waals surface area contributed by atoms with E-state index in [4.69, 9.17) is 18.9 Å². The summed E-state index contributed by atoms with van der Waals surface area (Å²) in [4.78, 5) is 28.2. The number of hydrogen-bond donors (Lipinski definition) is 1. The predicted octanol–water partition coefficient (Wildman–Crippen LogP) is 4.45. The van der Waals surface area contributed by atoms with Gasteiger partial charge in [0.1, 0.15) is 5.75 Å². The Labute approximate surface area is 204 Å². The minimum Gasteiger partial charge on any atom is -0.497 e. The molecule has 2 amide bonds. The van der Waals surface area contributed by atoms with E-state index in [1.54, 1.807) is 24.1 Å². The molecule has 0 bridgehead atoms. The van der Waals surface area contributed by atoms with Crippen molar-refractivity contribution >= 4 is 17.5 Å². The summed E-state index contributed by atoms with van der Waals surface area (Å²) in [6.07, 6.45) is 0.0583. The summed E-state index contributed by atoms with van der Waals surface area (Å²) >= 11 is 0. The SMILES string of the molecule is COc1ccc(C(CC(=O)Nc2cc(OC)c(OC)c(OC)c2)N2Cc3ccccc3C2=O)cc1. The molecule has 0 aliphatic carbocycles. The molecule has 0 radical (unpaired) electrons. The number of carbonyl (C=O) groups excluding carboxylic acids is 2. The van der Waals surface area contributed by atoms with Gasteiger partial charge in [0, 0.05) is 29.9 Å². The Morgan fingerprint density at radius 1 is 0.914 bits per heavy atom. The van der Waals surface area contributed by atoms with E-state index < -0.39 is 6.04 Å². The number of nitrogens with one attached hydrogen (secondary N) is 1. The van der Waals surface area contributed by atoms with E-state index >= 15 is 0 Å². The van der Waals surface area contributed by atoms with Crippen molar-refractivity contribution < 1.29 is 28.5 Å². The maximum absolute atomic E-state index is 13.2. The van der Waals surface area contributed by atoms with Crippen molar-refractivity contribution in [3.8, 4) is 23.0 Å². The maximum Gasteiger partial charge on any atom is 0.255 e. The summed E-state index contributed by atoms with van der Waals surface area (Å²) in [5, 5.41) is 2.91. The van der Waals surface area contributed by atoms with Crippen molar-refractivity contribution in [2.24, 2.45) is 0 Å². The average Bonchev–Trinajstić information content (AvgIpc) is 3.22. The first-order valence-electron chi connectivity index (χ1n) is 11.1. The first-order valence-corrected chi connectivity index (χ1v) is 11.1. The predicted molar refractivity (Wildman–Crippen MR) is 131 cm³/mol. The van der Waals surface area contributed by atoms with E-state index in [0.29, 0.717) is 40.8 Å². The molecule has 1 heterocycles. The molecule has 1 unspecified atom stereocenters. The molecular formula is C27H28N2O6. The lowest BCUT2D eigenvalue weighted by atomic mass is 10.0. The van der Waals surface area contributed by atoms with Crippen LogP contribution in [0.15, 0.2) is 60.7 Å². The molecule has 1 aliphatic heterocycles. The number of benzene rings is 3. The van der Waals surface area contributed by atoms with Crippen LogP contribution < -0.4 is 24.3 Å². The Bertz CT molecular complexity index is 1200. The van der Waals surface area contributed by atoms with Gasteiger partial charge >= 0.3 is 0 Å². The van der Waals surface area contributed by atoms with Crippen LogP contribution in [0.1, 0.15) is 33.9 Å². The van der Waals surface area contributed by atoms with Crippen LogP contribution in [0.25, 0.3) is 0 Å². The Hall–Kier alpha value is -4.20. The van der Waals surface area contributed by atoms with Crippen molar-refractivity contribution in [2.75, 3.05) is 33.8 Å². The topological polar surface area (TPSA) is 86.3 Å². The van der Waals surface area contributed by atoms with Crippen LogP contribution in [-0.2, 0) is 11.3 Å². The van der Waals surface area contributed by atoms with E-state index in [0.717, 1.165) is 11.1 Å². The largest absolute Gasteiger partial charge is 0.497 e. The number of ether oxygens (including phenoxy) is 4. The van der Waals surface area contributed by atoms with Gasteiger partial charge in [0.25, 0.3) is 5.91 Å². The molecule has 4 rings (SSSR count). The second-order valence-electron chi connectivity index (χ2n) is 8.05. The Morgan fingerprint density at radius 3 is 2.14 bits per heavy atom. The highest BCUT2D eigenvalue weighted by Gasteiger charge is 2.34. The number of nitrogens with zero attached hydrogens (tertiary/aromatic N) is 1. The minimum atomic E-state index is -0.470. The number of anilines is 1. The summed E-state index contributed by atoms with van der Waals surface area (Å²) in [6, 6.07) is 17.8. The van der Waals surface area contributed by atoms with Crippen molar-refractivity contribution in [3.63, 3.8) is 0 Å². The quantitative estimate of drug-likeness (QED) is 0.491. The van der Waals surface area contributed by atoms with Crippen molar-refractivity contribution in [2.45, 2.75) is 19.0 Å². The smallest absolute Gasteiger partial charge is 0.255 e. The number of fused-ring (bicyclic) bond motifs is 1. The molecule has 3 aromatic rings. The van der Waals surface area contributed by atoms with Gasteiger partial charge in [0.15, 0.2) is 11.5 Å². The van der Waals surface area contributed by atoms with Gasteiger partial charge in [-0.25, -0.2) is 0 Å². The monoisotopic (exact) mass is 476 g/mol. The number of carbonyl (C=O) groups is 2. The molecule has 8 nitrogen and oxygen atoms in total. The molecular weight excluding hydrogens is 448 g/mol. The zero-order chi connectivity index (χ0) is 24.9. The van der Waals surface area contributed by atoms with Gasteiger partial charge in [-0.1, -0.05) is 30.3 Å². The summed E-state index contributed by atoms with van der Waals surface area (Å²) in [7, 11) is 6.14. The fourth-order valence-corrected chi connectivity index (χ4v) is 4.30. The molecule has 0 spiro atoms. The third kappa shape index (κ3) is 4.87. The second kappa shape index (κ2) is 10.4. The summed E-state index contributed by atoms with van der Waals surface area (Å²) in [6.45, 7) is 0.434. The first-order chi connectivity index (χ1) is 17.0. The van der Waals surface area contributed by atoms with E-state index in [1.807, 2.05) is 48.5 Å². The highest BCUT2D eigenvalue weighted by molar-refractivity contribution is 5.99. The normalized spacial score (nSPS) is 13.1. The van der Waals surface area contributed by atoms with Gasteiger partial charge in [-0.2, -0.15) is 0 Å². The third-order valence-electron chi connectivity index (χ3n) is 6.05. The molecule has 0 saturated heterocycles.